The highest BCUT2D eigenvalue weighted by molar-refractivity contribution is 6.35. The van der Waals surface area contributed by atoms with Crippen molar-refractivity contribution in [2.75, 3.05) is 5.32 Å². The van der Waals surface area contributed by atoms with Gasteiger partial charge in [0, 0.05) is 41.8 Å². The molecule has 1 amide bonds. The summed E-state index contributed by atoms with van der Waals surface area (Å²) in [5, 5.41) is 7.75. The fourth-order valence-electron chi connectivity index (χ4n) is 5.07. The lowest BCUT2D eigenvalue weighted by atomic mass is 10.2. The number of rotatable bonds is 5. The van der Waals surface area contributed by atoms with Gasteiger partial charge < -0.3 is 24.9 Å². The molecule has 12 heteroatoms. The zero-order valence-electron chi connectivity index (χ0n) is 22.1. The minimum atomic E-state index is -0.590. The second-order valence-corrected chi connectivity index (χ2v) is 11.2. The van der Waals surface area contributed by atoms with Crippen LogP contribution < -0.4 is 21.9 Å². The summed E-state index contributed by atoms with van der Waals surface area (Å²) in [4.78, 5) is 46.9. The number of alkyl carbamates (subject to hydrolysis) is 1. The zero-order chi connectivity index (χ0) is 27.4. The number of carbonyl (C=O) groups is 1. The Morgan fingerprint density at radius 3 is 2.63 bits per heavy atom. The van der Waals surface area contributed by atoms with Crippen LogP contribution in [0.3, 0.4) is 0 Å². The van der Waals surface area contributed by atoms with Crippen LogP contribution >= 0.6 is 11.6 Å². The van der Waals surface area contributed by atoms with E-state index in [0.29, 0.717) is 22.2 Å². The first-order valence-electron chi connectivity index (χ1n) is 12.6. The normalized spacial score (nSPS) is 17.8. The average molecular weight is 542 g/mol. The third-order valence-corrected chi connectivity index (χ3v) is 7.22. The predicted octanol–water partition coefficient (Wildman–Crippen LogP) is 3.47. The summed E-state index contributed by atoms with van der Waals surface area (Å²) >= 11 is 6.30. The van der Waals surface area contributed by atoms with Crippen LogP contribution in [0.1, 0.15) is 45.7 Å². The van der Waals surface area contributed by atoms with Gasteiger partial charge in [0.2, 0.25) is 5.95 Å². The Balaban J connectivity index is 1.45. The molecule has 1 aliphatic rings. The summed E-state index contributed by atoms with van der Waals surface area (Å²) < 4.78 is 9.64. The maximum Gasteiger partial charge on any atom is 0.407 e. The fourth-order valence-corrected chi connectivity index (χ4v) is 5.30. The van der Waals surface area contributed by atoms with Gasteiger partial charge in [-0.15, -0.1) is 0 Å². The molecular weight excluding hydrogens is 510 g/mol. The van der Waals surface area contributed by atoms with Crippen LogP contribution in [0, 0.1) is 0 Å². The number of aromatic nitrogens is 5. The number of H-pyrrole nitrogens is 1. The monoisotopic (exact) mass is 541 g/mol. The molecule has 0 spiro atoms. The number of hydrogen-bond acceptors (Lipinski definition) is 6. The standard InChI is InChI=1S/C26H32ClN7O4/c1-26(2,3)38-24(36)30-19-11-7-10-18(19)29-23-31-21-20(32(23)4)22(35)34(25(37)33(21)5)13-14-12-15-16(27)8-6-9-17(15)28-14/h6,8-9,12,18-19,28H,7,10-11,13H2,1-5H3,(H,29,31)(H,30,36)/t18-,19+/m0/s1. The first-order valence-corrected chi connectivity index (χ1v) is 13.0. The molecule has 1 saturated carbocycles. The van der Waals surface area contributed by atoms with Gasteiger partial charge in [0.15, 0.2) is 11.2 Å². The molecule has 38 heavy (non-hydrogen) atoms. The molecule has 5 rings (SSSR count). The number of imidazole rings is 1. The molecule has 202 valence electrons. The second-order valence-electron chi connectivity index (χ2n) is 10.8. The topological polar surface area (TPSA) is 128 Å². The van der Waals surface area contributed by atoms with Crippen LogP contribution in [0.4, 0.5) is 10.7 Å². The zero-order valence-corrected chi connectivity index (χ0v) is 22.8. The van der Waals surface area contributed by atoms with Gasteiger partial charge >= 0.3 is 11.8 Å². The summed E-state index contributed by atoms with van der Waals surface area (Å²) in [6, 6.07) is 7.11. The molecule has 2 atom stereocenters. The number of halogens is 1. The van der Waals surface area contributed by atoms with Crippen LogP contribution in [-0.2, 0) is 25.4 Å². The molecule has 11 nitrogen and oxygen atoms in total. The maximum absolute atomic E-state index is 13.5. The van der Waals surface area contributed by atoms with Gasteiger partial charge in [0.1, 0.15) is 5.60 Å². The number of aryl methyl sites for hydroxylation is 2. The first kappa shape index (κ1) is 25.9. The summed E-state index contributed by atoms with van der Waals surface area (Å²) in [7, 11) is 3.34. The van der Waals surface area contributed by atoms with Crippen molar-refractivity contribution in [3.8, 4) is 0 Å². The Bertz CT molecular complexity index is 1660. The molecule has 1 aliphatic carbocycles. The van der Waals surface area contributed by atoms with E-state index in [1.807, 2.05) is 39.0 Å². The Kier molecular flexibility index (Phi) is 6.50. The lowest BCUT2D eigenvalue weighted by Crippen LogP contribution is -2.45. The van der Waals surface area contributed by atoms with E-state index in [-0.39, 0.29) is 24.3 Å². The van der Waals surface area contributed by atoms with E-state index in [4.69, 9.17) is 16.3 Å². The molecule has 1 aromatic carbocycles. The van der Waals surface area contributed by atoms with Crippen molar-refractivity contribution >= 4 is 45.7 Å². The minimum absolute atomic E-state index is 0.0604. The van der Waals surface area contributed by atoms with Crippen molar-refractivity contribution in [1.82, 2.24) is 29.0 Å². The number of fused-ring (bicyclic) bond motifs is 2. The molecule has 0 aliphatic heterocycles. The third-order valence-electron chi connectivity index (χ3n) is 6.89. The Labute approximate surface area is 223 Å². The highest BCUT2D eigenvalue weighted by Crippen LogP contribution is 2.26. The van der Waals surface area contributed by atoms with E-state index in [1.54, 1.807) is 24.7 Å². The second kappa shape index (κ2) is 9.54. The van der Waals surface area contributed by atoms with Crippen LogP contribution in [0.5, 0.6) is 0 Å². The lowest BCUT2D eigenvalue weighted by molar-refractivity contribution is 0.0503. The highest BCUT2D eigenvalue weighted by atomic mass is 35.5. The Morgan fingerprint density at radius 1 is 1.18 bits per heavy atom. The number of nitrogens with one attached hydrogen (secondary N) is 3. The molecule has 4 aromatic rings. The maximum atomic E-state index is 13.5. The number of anilines is 1. The predicted molar refractivity (Wildman–Crippen MR) is 147 cm³/mol. The molecule has 3 heterocycles. The smallest absolute Gasteiger partial charge is 0.407 e. The van der Waals surface area contributed by atoms with Crippen LogP contribution in [0.2, 0.25) is 5.02 Å². The van der Waals surface area contributed by atoms with E-state index in [9.17, 15) is 14.4 Å². The number of carbonyl (C=O) groups excluding carboxylic acids is 1. The van der Waals surface area contributed by atoms with E-state index in [1.165, 1.54) is 9.13 Å². The largest absolute Gasteiger partial charge is 0.444 e. The van der Waals surface area contributed by atoms with Gasteiger partial charge in [-0.1, -0.05) is 17.7 Å². The lowest BCUT2D eigenvalue weighted by Gasteiger charge is -2.25. The summed E-state index contributed by atoms with van der Waals surface area (Å²) in [6.45, 7) is 5.52. The number of benzene rings is 1. The average Bonchev–Trinajstić information content (AvgIpc) is 3.53. The van der Waals surface area contributed by atoms with Crippen LogP contribution in [0.25, 0.3) is 22.1 Å². The van der Waals surface area contributed by atoms with Gasteiger partial charge in [0.05, 0.1) is 12.6 Å². The number of aromatic amines is 1. The van der Waals surface area contributed by atoms with E-state index in [2.05, 4.69) is 20.6 Å². The fraction of sp³-hybridized carbons (Fsp3) is 0.462. The van der Waals surface area contributed by atoms with Gasteiger partial charge in [-0.05, 0) is 58.2 Å². The molecule has 0 unspecified atom stereocenters. The minimum Gasteiger partial charge on any atom is -0.444 e. The third kappa shape index (κ3) is 4.78. The number of nitrogens with zero attached hydrogens (tertiary/aromatic N) is 4. The van der Waals surface area contributed by atoms with Crippen molar-refractivity contribution in [1.29, 1.82) is 0 Å². The summed E-state index contributed by atoms with van der Waals surface area (Å²) in [5.41, 5.74) is 0.611. The SMILES string of the molecule is Cn1c(N[C@H]2CCC[C@H]2NC(=O)OC(C)(C)C)nc2c1c(=O)n(Cc1cc3c(Cl)cccc3[nH]1)c(=O)n2C. The van der Waals surface area contributed by atoms with Crippen molar-refractivity contribution in [2.45, 2.75) is 64.3 Å². The molecule has 3 N–H and O–H groups in total. The number of hydrogen-bond donors (Lipinski definition) is 3. The van der Waals surface area contributed by atoms with E-state index >= 15 is 0 Å². The van der Waals surface area contributed by atoms with Crippen molar-refractivity contribution < 1.29 is 9.53 Å². The Hall–Kier alpha value is -3.73. The van der Waals surface area contributed by atoms with Crippen molar-refractivity contribution in [3.05, 3.63) is 55.8 Å². The van der Waals surface area contributed by atoms with E-state index < -0.39 is 22.9 Å². The van der Waals surface area contributed by atoms with Crippen LogP contribution in [-0.4, -0.2) is 47.4 Å². The van der Waals surface area contributed by atoms with E-state index in [0.717, 1.165) is 30.2 Å². The van der Waals surface area contributed by atoms with Gasteiger partial charge in [-0.3, -0.25) is 13.9 Å². The molecule has 3 aromatic heterocycles. The summed E-state index contributed by atoms with van der Waals surface area (Å²) in [6.07, 6.45) is 2.06. The van der Waals surface area contributed by atoms with Gasteiger partial charge in [-0.25, -0.2) is 9.59 Å². The number of ether oxygens (including phenoxy) is 1. The van der Waals surface area contributed by atoms with Crippen LogP contribution in [0.15, 0.2) is 33.9 Å². The highest BCUT2D eigenvalue weighted by Gasteiger charge is 2.31. The molecule has 1 fully saturated rings. The molecule has 0 bridgehead atoms. The van der Waals surface area contributed by atoms with Gasteiger partial charge in [-0.2, -0.15) is 4.98 Å². The van der Waals surface area contributed by atoms with Gasteiger partial charge in [0.25, 0.3) is 5.56 Å². The van der Waals surface area contributed by atoms with Crippen molar-refractivity contribution in [2.24, 2.45) is 14.1 Å². The molecule has 0 saturated heterocycles. The number of amides is 1. The molecular formula is C26H32ClN7O4. The molecule has 0 radical (unpaired) electrons. The quantitative estimate of drug-likeness (QED) is 0.355. The first-order chi connectivity index (χ1) is 17.9. The van der Waals surface area contributed by atoms with Crippen molar-refractivity contribution in [3.63, 3.8) is 0 Å². The Morgan fingerprint density at radius 2 is 1.92 bits per heavy atom. The summed E-state index contributed by atoms with van der Waals surface area (Å²) in [5.74, 6) is 0.449.